The number of carboxylic acid groups (broad SMARTS) is 1. The van der Waals surface area contributed by atoms with E-state index >= 15 is 0 Å². The highest BCUT2D eigenvalue weighted by molar-refractivity contribution is 5.88. The molecule has 0 radical (unpaired) electrons. The molecule has 1 saturated heterocycles. The number of pyridine rings is 1. The molecule has 2 aromatic rings. The second-order valence-corrected chi connectivity index (χ2v) is 7.26. The molecule has 1 unspecified atom stereocenters. The standard InChI is InChI=1S/C20H22N4O3.C2HF3O2/c1-14-9-15(2)22-19(10-14)23-20(25)24-7-8-26-17(12-24)13-27-18-6-4-3-5-16(18)11-21;3-2(4,5)1(6)7/h3-6,9-10,17H,7-8,12-13H2,1-2H3,(H,22,23,25);(H,6,7). The summed E-state index contributed by atoms with van der Waals surface area (Å²) < 4.78 is 43.2. The molecule has 0 aliphatic carbocycles. The van der Waals surface area contributed by atoms with Crippen LogP contribution in [0.2, 0.25) is 0 Å². The Kier molecular flexibility index (Phi) is 9.20. The Morgan fingerprint density at radius 3 is 2.62 bits per heavy atom. The molecule has 1 atom stereocenters. The molecule has 3 rings (SSSR count). The minimum Gasteiger partial charge on any atom is -0.489 e. The zero-order valence-electron chi connectivity index (χ0n) is 18.4. The Balaban J connectivity index is 0.000000509. The third kappa shape index (κ3) is 8.25. The number of benzene rings is 1. The number of hydrogen-bond donors (Lipinski definition) is 2. The van der Waals surface area contributed by atoms with Crippen LogP contribution in [0.3, 0.4) is 0 Å². The van der Waals surface area contributed by atoms with Crippen molar-refractivity contribution in [2.45, 2.75) is 26.1 Å². The van der Waals surface area contributed by atoms with Crippen molar-refractivity contribution in [1.82, 2.24) is 9.88 Å². The number of nitrogens with one attached hydrogen (secondary N) is 1. The number of nitriles is 1. The summed E-state index contributed by atoms with van der Waals surface area (Å²) in [7, 11) is 0. The number of hydrogen-bond acceptors (Lipinski definition) is 6. The van der Waals surface area contributed by atoms with Gasteiger partial charge in [0.1, 0.15) is 30.3 Å². The first-order valence-electron chi connectivity index (χ1n) is 10.0. The molecule has 0 spiro atoms. The van der Waals surface area contributed by atoms with Gasteiger partial charge in [0, 0.05) is 12.2 Å². The highest BCUT2D eigenvalue weighted by Crippen LogP contribution is 2.18. The molecular formula is C22H23F3N4O5. The maximum absolute atomic E-state index is 12.5. The molecule has 1 fully saturated rings. The fourth-order valence-electron chi connectivity index (χ4n) is 2.97. The van der Waals surface area contributed by atoms with Gasteiger partial charge in [-0.05, 0) is 43.7 Å². The zero-order chi connectivity index (χ0) is 25.3. The van der Waals surface area contributed by atoms with E-state index in [2.05, 4.69) is 16.4 Å². The number of carbonyl (C=O) groups excluding carboxylic acids is 1. The van der Waals surface area contributed by atoms with Crippen LogP contribution in [0.25, 0.3) is 0 Å². The van der Waals surface area contributed by atoms with E-state index in [0.29, 0.717) is 36.8 Å². The van der Waals surface area contributed by atoms with E-state index in [9.17, 15) is 18.0 Å². The molecule has 34 heavy (non-hydrogen) atoms. The van der Waals surface area contributed by atoms with E-state index in [1.54, 1.807) is 23.1 Å². The second kappa shape index (κ2) is 11.9. The smallest absolute Gasteiger partial charge is 0.489 e. The number of anilines is 1. The number of aromatic nitrogens is 1. The first kappa shape index (κ1) is 26.4. The van der Waals surface area contributed by atoms with Crippen molar-refractivity contribution in [2.75, 3.05) is 31.6 Å². The summed E-state index contributed by atoms with van der Waals surface area (Å²) in [6.45, 7) is 5.47. The molecule has 12 heteroatoms. The molecule has 1 aliphatic heterocycles. The number of aryl methyl sites for hydroxylation is 2. The predicted molar refractivity (Wildman–Crippen MR) is 114 cm³/mol. The van der Waals surface area contributed by atoms with Crippen molar-refractivity contribution < 1.29 is 37.3 Å². The lowest BCUT2D eigenvalue weighted by Gasteiger charge is -2.32. The van der Waals surface area contributed by atoms with Gasteiger partial charge in [-0.3, -0.25) is 5.32 Å². The van der Waals surface area contributed by atoms with Gasteiger partial charge in [-0.25, -0.2) is 14.6 Å². The summed E-state index contributed by atoms with van der Waals surface area (Å²) >= 11 is 0. The second-order valence-electron chi connectivity index (χ2n) is 7.26. The van der Waals surface area contributed by atoms with Crippen LogP contribution in [-0.4, -0.2) is 65.6 Å². The minimum absolute atomic E-state index is 0.210. The lowest BCUT2D eigenvalue weighted by Crippen LogP contribution is -2.49. The molecule has 2 N–H and O–H groups in total. The Hall–Kier alpha value is -3.85. The van der Waals surface area contributed by atoms with E-state index in [4.69, 9.17) is 24.6 Å². The number of alkyl halides is 3. The molecule has 9 nitrogen and oxygen atoms in total. The van der Waals surface area contributed by atoms with Crippen molar-refractivity contribution in [3.05, 3.63) is 53.2 Å². The molecule has 2 amide bonds. The number of carboxylic acids is 1. The number of ether oxygens (including phenoxy) is 2. The van der Waals surface area contributed by atoms with E-state index in [0.717, 1.165) is 11.3 Å². The van der Waals surface area contributed by atoms with Crippen molar-refractivity contribution >= 4 is 17.8 Å². The lowest BCUT2D eigenvalue weighted by molar-refractivity contribution is -0.192. The van der Waals surface area contributed by atoms with Gasteiger partial charge in [0.2, 0.25) is 0 Å². The summed E-state index contributed by atoms with van der Waals surface area (Å²) in [5.74, 6) is -1.70. The summed E-state index contributed by atoms with van der Waals surface area (Å²) in [6.07, 6.45) is -5.34. The normalized spacial score (nSPS) is 15.4. The molecule has 2 heterocycles. The topological polar surface area (TPSA) is 125 Å². The molecule has 182 valence electrons. The maximum atomic E-state index is 12.5. The van der Waals surface area contributed by atoms with Gasteiger partial charge >= 0.3 is 18.2 Å². The average molecular weight is 480 g/mol. The van der Waals surface area contributed by atoms with Crippen molar-refractivity contribution in [2.24, 2.45) is 0 Å². The summed E-state index contributed by atoms with van der Waals surface area (Å²) in [4.78, 5) is 27.5. The van der Waals surface area contributed by atoms with Crippen LogP contribution < -0.4 is 10.1 Å². The maximum Gasteiger partial charge on any atom is 0.490 e. The highest BCUT2D eigenvalue weighted by atomic mass is 19.4. The van der Waals surface area contributed by atoms with Crippen molar-refractivity contribution in [3.8, 4) is 11.8 Å². The Morgan fingerprint density at radius 1 is 1.32 bits per heavy atom. The number of rotatable bonds is 4. The number of urea groups is 1. The number of para-hydroxylation sites is 1. The van der Waals surface area contributed by atoms with Crippen LogP contribution in [0.15, 0.2) is 36.4 Å². The lowest BCUT2D eigenvalue weighted by atomic mass is 10.2. The van der Waals surface area contributed by atoms with E-state index in [1.807, 2.05) is 32.0 Å². The Bertz CT molecular complexity index is 1040. The van der Waals surface area contributed by atoms with Crippen LogP contribution >= 0.6 is 0 Å². The number of aliphatic carboxylic acids is 1. The van der Waals surface area contributed by atoms with Gasteiger partial charge in [0.05, 0.1) is 18.7 Å². The first-order valence-corrected chi connectivity index (χ1v) is 10.0. The zero-order valence-corrected chi connectivity index (χ0v) is 18.4. The molecule has 0 saturated carbocycles. The SMILES string of the molecule is Cc1cc(C)nc(NC(=O)N2CCOC(COc3ccccc3C#N)C2)c1.O=C(O)C(F)(F)F. The van der Waals surface area contributed by atoms with Gasteiger partial charge in [0.25, 0.3) is 0 Å². The Labute approximate surface area is 193 Å². The van der Waals surface area contributed by atoms with Gasteiger partial charge < -0.3 is 19.5 Å². The number of halogens is 3. The minimum atomic E-state index is -5.08. The third-order valence-electron chi connectivity index (χ3n) is 4.43. The van der Waals surface area contributed by atoms with E-state index < -0.39 is 12.1 Å². The summed E-state index contributed by atoms with van der Waals surface area (Å²) in [5.41, 5.74) is 2.38. The number of morpholine rings is 1. The van der Waals surface area contributed by atoms with Gasteiger partial charge in [-0.2, -0.15) is 18.4 Å². The molecular weight excluding hydrogens is 457 g/mol. The Morgan fingerprint density at radius 2 is 2.00 bits per heavy atom. The molecule has 1 aromatic heterocycles. The van der Waals surface area contributed by atoms with Gasteiger partial charge in [-0.15, -0.1) is 0 Å². The number of nitrogens with zero attached hydrogens (tertiary/aromatic N) is 3. The molecule has 1 aromatic carbocycles. The largest absolute Gasteiger partial charge is 0.490 e. The van der Waals surface area contributed by atoms with Gasteiger partial charge in [0.15, 0.2) is 0 Å². The van der Waals surface area contributed by atoms with Crippen LogP contribution in [0.5, 0.6) is 5.75 Å². The van der Waals surface area contributed by atoms with E-state index in [-0.39, 0.29) is 18.7 Å². The monoisotopic (exact) mass is 480 g/mol. The molecule has 1 aliphatic rings. The van der Waals surface area contributed by atoms with Crippen LogP contribution in [0.4, 0.5) is 23.8 Å². The predicted octanol–water partition coefficient (Wildman–Crippen LogP) is 3.52. The van der Waals surface area contributed by atoms with Crippen molar-refractivity contribution in [3.63, 3.8) is 0 Å². The number of carbonyl (C=O) groups is 2. The molecule has 0 bridgehead atoms. The summed E-state index contributed by atoms with van der Waals surface area (Å²) in [6, 6.07) is 12.7. The van der Waals surface area contributed by atoms with E-state index in [1.165, 1.54) is 0 Å². The fourth-order valence-corrected chi connectivity index (χ4v) is 2.97. The number of amides is 2. The quantitative estimate of drug-likeness (QED) is 0.686. The average Bonchev–Trinajstić information content (AvgIpc) is 2.77. The van der Waals surface area contributed by atoms with Crippen molar-refractivity contribution in [1.29, 1.82) is 5.26 Å². The first-order chi connectivity index (χ1) is 16.0. The highest BCUT2D eigenvalue weighted by Gasteiger charge is 2.38. The fraction of sp³-hybridized carbons (Fsp3) is 0.364. The van der Waals surface area contributed by atoms with Gasteiger partial charge in [-0.1, -0.05) is 12.1 Å². The summed E-state index contributed by atoms with van der Waals surface area (Å²) in [5, 5.41) is 19.1. The van der Waals surface area contributed by atoms with Crippen LogP contribution in [0, 0.1) is 25.2 Å². The van der Waals surface area contributed by atoms with Crippen LogP contribution in [0.1, 0.15) is 16.8 Å². The van der Waals surface area contributed by atoms with Crippen LogP contribution in [-0.2, 0) is 9.53 Å². The third-order valence-corrected chi connectivity index (χ3v) is 4.43.